The molecule has 0 bridgehead atoms. The molecule has 46 heavy (non-hydrogen) atoms. The number of aromatic nitrogens is 4. The predicted octanol–water partition coefficient (Wildman–Crippen LogP) is 5.18. The molecule has 12 heteroatoms. The Balaban J connectivity index is 1.15. The van der Waals surface area contributed by atoms with E-state index in [1.165, 1.54) is 29.6 Å². The molecule has 2 aliphatic carbocycles. The van der Waals surface area contributed by atoms with Gasteiger partial charge in [0.05, 0.1) is 11.1 Å². The summed E-state index contributed by atoms with van der Waals surface area (Å²) in [6, 6.07) is 19.4. The molecule has 0 spiro atoms. The van der Waals surface area contributed by atoms with Crippen molar-refractivity contribution in [2.75, 3.05) is 10.6 Å². The predicted molar refractivity (Wildman–Crippen MR) is 169 cm³/mol. The highest BCUT2D eigenvalue weighted by Crippen LogP contribution is 2.38. The minimum Gasteiger partial charge on any atom is -0.310 e. The van der Waals surface area contributed by atoms with Crippen LogP contribution in [0.2, 0.25) is 0 Å². The maximum absolute atomic E-state index is 13.6. The summed E-state index contributed by atoms with van der Waals surface area (Å²) in [7, 11) is 0. The molecule has 1 atom stereocenters. The maximum Gasteiger partial charge on any atom is 0.321 e. The SMILES string of the molecule is O=C(Nc1ccc2c(c1CC1CC1)C(=O)NC2=O)NC(c1ccc(C2CCCCC2)cc1)n1nnc(NC(=O)c2ccccc2)n1. The van der Waals surface area contributed by atoms with E-state index in [1.54, 1.807) is 36.4 Å². The third kappa shape index (κ3) is 6.23. The molecular formula is C34H34N8O4. The third-order valence-electron chi connectivity index (χ3n) is 8.97. The van der Waals surface area contributed by atoms with E-state index in [0.717, 1.165) is 25.7 Å². The molecule has 1 aromatic heterocycles. The second-order valence-corrected chi connectivity index (χ2v) is 12.2. The van der Waals surface area contributed by atoms with Crippen LogP contribution in [0.15, 0.2) is 66.7 Å². The van der Waals surface area contributed by atoms with Crippen LogP contribution in [-0.2, 0) is 6.42 Å². The quantitative estimate of drug-likeness (QED) is 0.188. The summed E-state index contributed by atoms with van der Waals surface area (Å²) < 4.78 is 0. The zero-order chi connectivity index (χ0) is 31.6. The normalized spacial score (nSPS) is 16.8. The Hall–Kier alpha value is -5.39. The molecule has 4 aromatic rings. The number of fused-ring (bicyclic) bond motifs is 1. The van der Waals surface area contributed by atoms with Gasteiger partial charge >= 0.3 is 6.03 Å². The van der Waals surface area contributed by atoms with Crippen molar-refractivity contribution in [3.63, 3.8) is 0 Å². The van der Waals surface area contributed by atoms with Crippen LogP contribution in [0, 0.1) is 5.92 Å². The number of amides is 5. The summed E-state index contributed by atoms with van der Waals surface area (Å²) in [5.74, 6) is -0.374. The Bertz CT molecular complexity index is 1790. The van der Waals surface area contributed by atoms with Crippen molar-refractivity contribution in [3.05, 3.63) is 100 Å². The number of nitrogens with zero attached hydrogens (tertiary/aromatic N) is 4. The fraction of sp³-hybridized carbons (Fsp3) is 0.324. The van der Waals surface area contributed by atoms with Crippen LogP contribution >= 0.6 is 0 Å². The van der Waals surface area contributed by atoms with Gasteiger partial charge in [-0.2, -0.15) is 0 Å². The minimum absolute atomic E-state index is 0.0130. The molecule has 3 aromatic carbocycles. The molecule has 12 nitrogen and oxygen atoms in total. The highest BCUT2D eigenvalue weighted by Gasteiger charge is 2.34. The molecule has 1 unspecified atom stereocenters. The number of carbonyl (C=O) groups is 4. The number of benzene rings is 3. The highest BCUT2D eigenvalue weighted by molar-refractivity contribution is 6.23. The van der Waals surface area contributed by atoms with E-state index in [1.807, 2.05) is 18.2 Å². The van der Waals surface area contributed by atoms with Gasteiger partial charge < -0.3 is 10.6 Å². The number of tetrazole rings is 1. The number of carbonyl (C=O) groups excluding carboxylic acids is 4. The number of urea groups is 1. The summed E-state index contributed by atoms with van der Waals surface area (Å²) in [5.41, 5.74) is 4.16. The summed E-state index contributed by atoms with van der Waals surface area (Å²) in [4.78, 5) is 52.6. The van der Waals surface area contributed by atoms with Crippen molar-refractivity contribution in [2.45, 2.75) is 63.5 Å². The zero-order valence-corrected chi connectivity index (χ0v) is 25.2. The van der Waals surface area contributed by atoms with E-state index in [-0.39, 0.29) is 11.9 Å². The van der Waals surface area contributed by atoms with E-state index < -0.39 is 24.0 Å². The summed E-state index contributed by atoms with van der Waals surface area (Å²) >= 11 is 0. The van der Waals surface area contributed by atoms with Crippen molar-refractivity contribution < 1.29 is 19.2 Å². The van der Waals surface area contributed by atoms with Gasteiger partial charge in [-0.1, -0.05) is 66.8 Å². The van der Waals surface area contributed by atoms with Gasteiger partial charge in [0, 0.05) is 11.3 Å². The first kappa shape index (κ1) is 29.3. The Kier molecular flexibility index (Phi) is 8.00. The van der Waals surface area contributed by atoms with Crippen molar-refractivity contribution in [1.82, 2.24) is 30.8 Å². The first-order valence-electron chi connectivity index (χ1n) is 15.8. The summed E-state index contributed by atoms with van der Waals surface area (Å²) in [6.45, 7) is 0. The van der Waals surface area contributed by atoms with Gasteiger partial charge in [-0.25, -0.2) is 4.79 Å². The van der Waals surface area contributed by atoms with Crippen molar-refractivity contribution in [3.8, 4) is 0 Å². The van der Waals surface area contributed by atoms with E-state index in [9.17, 15) is 19.2 Å². The average molecular weight is 619 g/mol. The topological polar surface area (TPSA) is 160 Å². The Labute approximate surface area is 265 Å². The fourth-order valence-corrected chi connectivity index (χ4v) is 6.36. The van der Waals surface area contributed by atoms with Crippen LogP contribution in [0.25, 0.3) is 0 Å². The second-order valence-electron chi connectivity index (χ2n) is 12.2. The van der Waals surface area contributed by atoms with Gasteiger partial charge in [-0.3, -0.25) is 25.0 Å². The third-order valence-corrected chi connectivity index (χ3v) is 8.97. The lowest BCUT2D eigenvalue weighted by atomic mass is 9.84. The first-order chi connectivity index (χ1) is 22.4. The number of anilines is 2. The van der Waals surface area contributed by atoms with Crippen LogP contribution in [-0.4, -0.2) is 44.0 Å². The van der Waals surface area contributed by atoms with Crippen LogP contribution < -0.4 is 21.3 Å². The number of hydrogen-bond acceptors (Lipinski definition) is 7. The van der Waals surface area contributed by atoms with Gasteiger partial charge in [-0.15, -0.1) is 9.90 Å². The monoisotopic (exact) mass is 618 g/mol. The van der Waals surface area contributed by atoms with Crippen molar-refractivity contribution >= 4 is 35.4 Å². The standard InChI is InChI=1S/C34H34N8O4/c43-30(24-9-5-2-6-10-24)38-33-39-41-42(40-33)29(23-15-13-22(14-16-23)21-7-3-1-4-8-21)36-34(46)35-27-18-17-25-28(32(45)37-31(25)44)26(27)19-20-11-12-20/h2,5-6,9-10,13-18,20-21,29H,1,3-4,7-8,11-12,19H2,(H2,35,36,46)(H,37,44,45)(H,38,40,43). The van der Waals surface area contributed by atoms with Crippen molar-refractivity contribution in [1.29, 1.82) is 0 Å². The highest BCUT2D eigenvalue weighted by atomic mass is 16.2. The maximum atomic E-state index is 13.6. The van der Waals surface area contributed by atoms with Gasteiger partial charge in [0.15, 0.2) is 6.17 Å². The van der Waals surface area contributed by atoms with Gasteiger partial charge in [0.25, 0.3) is 23.7 Å². The lowest BCUT2D eigenvalue weighted by Gasteiger charge is -2.23. The summed E-state index contributed by atoms with van der Waals surface area (Å²) in [5, 5.41) is 23.4. The molecule has 2 heterocycles. The van der Waals surface area contributed by atoms with Gasteiger partial charge in [-0.05, 0) is 90.1 Å². The molecule has 0 radical (unpaired) electrons. The van der Waals surface area contributed by atoms with E-state index >= 15 is 0 Å². The molecule has 0 saturated heterocycles. The molecule has 2 fully saturated rings. The number of nitrogens with one attached hydrogen (secondary N) is 4. The molecule has 7 rings (SSSR count). The average Bonchev–Trinajstić information content (AvgIpc) is 3.70. The van der Waals surface area contributed by atoms with Crippen molar-refractivity contribution in [2.24, 2.45) is 5.92 Å². The molecule has 5 amide bonds. The van der Waals surface area contributed by atoms with Crippen LogP contribution in [0.4, 0.5) is 16.4 Å². The molecule has 2 saturated carbocycles. The van der Waals surface area contributed by atoms with E-state index in [4.69, 9.17) is 0 Å². The molecule has 234 valence electrons. The summed E-state index contributed by atoms with van der Waals surface area (Å²) in [6.07, 6.45) is 7.80. The van der Waals surface area contributed by atoms with Crippen LogP contribution in [0.5, 0.6) is 0 Å². The van der Waals surface area contributed by atoms with Crippen LogP contribution in [0.3, 0.4) is 0 Å². The molecule has 4 N–H and O–H groups in total. The Morgan fingerprint density at radius 2 is 1.63 bits per heavy atom. The number of hydrogen-bond donors (Lipinski definition) is 4. The second kappa shape index (κ2) is 12.5. The zero-order valence-electron chi connectivity index (χ0n) is 25.2. The smallest absolute Gasteiger partial charge is 0.310 e. The van der Waals surface area contributed by atoms with Gasteiger partial charge in [0.2, 0.25) is 0 Å². The number of imide groups is 1. The Morgan fingerprint density at radius 3 is 2.37 bits per heavy atom. The molecule has 1 aliphatic heterocycles. The lowest BCUT2D eigenvalue weighted by molar-refractivity contribution is 0.0878. The van der Waals surface area contributed by atoms with Crippen LogP contribution in [0.1, 0.15) is 105 Å². The van der Waals surface area contributed by atoms with E-state index in [0.29, 0.717) is 51.8 Å². The molecular weight excluding hydrogens is 584 g/mol. The lowest BCUT2D eigenvalue weighted by Crippen LogP contribution is -2.37. The Morgan fingerprint density at radius 1 is 0.870 bits per heavy atom. The largest absolute Gasteiger partial charge is 0.321 e. The minimum atomic E-state index is -0.874. The van der Waals surface area contributed by atoms with Gasteiger partial charge in [0.1, 0.15) is 0 Å². The number of rotatable bonds is 9. The van der Waals surface area contributed by atoms with E-state index in [2.05, 4.69) is 48.8 Å². The first-order valence-corrected chi connectivity index (χ1v) is 15.8. The molecule has 3 aliphatic rings. The fourth-order valence-electron chi connectivity index (χ4n) is 6.36.